The van der Waals surface area contributed by atoms with Crippen molar-refractivity contribution in [2.24, 2.45) is 0 Å². The van der Waals surface area contributed by atoms with Crippen molar-refractivity contribution in [3.05, 3.63) is 12.3 Å². The van der Waals surface area contributed by atoms with Gasteiger partial charge >= 0.3 is 0 Å². The Labute approximate surface area is 44.8 Å². The second-order valence-electron chi connectivity index (χ2n) is 0.789. The maximum absolute atomic E-state index is 2.84. The number of rotatable bonds is 1. The Hall–Kier alpha value is -0.170. The summed E-state index contributed by atoms with van der Waals surface area (Å²) in [5, 5.41) is 2.84. The first-order chi connectivity index (χ1) is 2.41. The van der Waals surface area contributed by atoms with Crippen LogP contribution in [-0.4, -0.2) is 7.05 Å². The topological polar surface area (TPSA) is 12.0 Å². The molecule has 0 aromatic rings. The van der Waals surface area contributed by atoms with Gasteiger partial charge in [0.2, 0.25) is 0 Å². The molecule has 0 radical (unpaired) electrons. The van der Waals surface area contributed by atoms with Gasteiger partial charge in [0.15, 0.2) is 0 Å². The summed E-state index contributed by atoms with van der Waals surface area (Å²) >= 11 is 0. The lowest BCUT2D eigenvalue weighted by Crippen LogP contribution is -1.89. The zero-order valence-electron chi connectivity index (χ0n) is 4.06. The van der Waals surface area contributed by atoms with Crippen LogP contribution in [0.3, 0.4) is 0 Å². The van der Waals surface area contributed by atoms with E-state index in [0.717, 1.165) is 0 Å². The molecule has 0 aliphatic carbocycles. The first-order valence-electron chi connectivity index (χ1n) is 1.70. The highest BCUT2D eigenvalue weighted by Gasteiger charge is 1.45. The third-order valence-corrected chi connectivity index (χ3v) is 0.333. The standard InChI is InChI=1S/C4H9N.ClH/c1-3-4-5-2;/h3-5H,1-2H3;1H. The highest BCUT2D eigenvalue weighted by Crippen LogP contribution is 1.53. The summed E-state index contributed by atoms with van der Waals surface area (Å²) in [5.41, 5.74) is 0. The molecule has 1 nitrogen and oxygen atoms in total. The Morgan fingerprint density at radius 3 is 2.00 bits per heavy atom. The molecule has 0 aliphatic rings. The molecule has 0 aliphatic heterocycles. The molecule has 0 spiro atoms. The summed E-state index contributed by atoms with van der Waals surface area (Å²) in [6, 6.07) is 0. The summed E-state index contributed by atoms with van der Waals surface area (Å²) in [6.07, 6.45) is 3.82. The molecule has 0 fully saturated rings. The van der Waals surface area contributed by atoms with Gasteiger partial charge in [-0.25, -0.2) is 0 Å². The van der Waals surface area contributed by atoms with E-state index in [4.69, 9.17) is 0 Å². The average molecular weight is 108 g/mol. The van der Waals surface area contributed by atoms with Crippen LogP contribution in [0.25, 0.3) is 0 Å². The van der Waals surface area contributed by atoms with Gasteiger partial charge in [-0.1, -0.05) is 6.08 Å². The molecule has 0 unspecified atom stereocenters. The van der Waals surface area contributed by atoms with E-state index in [-0.39, 0.29) is 12.4 Å². The third-order valence-electron chi connectivity index (χ3n) is 0.333. The monoisotopic (exact) mass is 107 g/mol. The first kappa shape index (κ1) is 9.27. The molecule has 0 heterocycles. The molecule has 0 saturated heterocycles. The summed E-state index contributed by atoms with van der Waals surface area (Å²) in [6.45, 7) is 1.97. The van der Waals surface area contributed by atoms with Crippen LogP contribution < -0.4 is 5.32 Å². The number of hydrogen-bond donors (Lipinski definition) is 1. The van der Waals surface area contributed by atoms with Crippen molar-refractivity contribution in [2.75, 3.05) is 7.05 Å². The Bertz CT molecular complexity index is 34.5. The molecule has 0 bridgehead atoms. The van der Waals surface area contributed by atoms with Gasteiger partial charge in [-0.2, -0.15) is 0 Å². The Balaban J connectivity index is 0. The summed E-state index contributed by atoms with van der Waals surface area (Å²) < 4.78 is 0. The fourth-order valence-corrected chi connectivity index (χ4v) is 0.167. The van der Waals surface area contributed by atoms with Crippen LogP contribution in [0.4, 0.5) is 0 Å². The lowest BCUT2D eigenvalue weighted by Gasteiger charge is -1.75. The summed E-state index contributed by atoms with van der Waals surface area (Å²) in [4.78, 5) is 0. The zero-order chi connectivity index (χ0) is 4.12. The van der Waals surface area contributed by atoms with Gasteiger partial charge in [0.25, 0.3) is 0 Å². The minimum Gasteiger partial charge on any atom is -0.394 e. The largest absolute Gasteiger partial charge is 0.394 e. The highest BCUT2D eigenvalue weighted by molar-refractivity contribution is 5.85. The van der Waals surface area contributed by atoms with Crippen LogP contribution in [0.15, 0.2) is 12.3 Å². The van der Waals surface area contributed by atoms with Gasteiger partial charge in [-0.15, -0.1) is 12.4 Å². The second kappa shape index (κ2) is 8.85. The van der Waals surface area contributed by atoms with Crippen LogP contribution in [0.1, 0.15) is 6.92 Å². The summed E-state index contributed by atoms with van der Waals surface area (Å²) in [5.74, 6) is 0. The molecule has 0 aromatic heterocycles. The number of allylic oxidation sites excluding steroid dienone is 1. The molecule has 1 N–H and O–H groups in total. The molecule has 6 heavy (non-hydrogen) atoms. The SMILES string of the molecule is CC=CNC.Cl. The molecule has 0 atom stereocenters. The quantitative estimate of drug-likeness (QED) is 0.530. The Kier molecular flexibility index (Phi) is 13.7. The van der Waals surface area contributed by atoms with Crippen molar-refractivity contribution in [3.63, 3.8) is 0 Å². The van der Waals surface area contributed by atoms with Gasteiger partial charge in [0, 0.05) is 7.05 Å². The fraction of sp³-hybridized carbons (Fsp3) is 0.500. The van der Waals surface area contributed by atoms with Crippen molar-refractivity contribution < 1.29 is 0 Å². The maximum Gasteiger partial charge on any atom is 0.00276 e. The maximum atomic E-state index is 2.84. The smallest absolute Gasteiger partial charge is 0.00276 e. The van der Waals surface area contributed by atoms with Gasteiger partial charge < -0.3 is 5.32 Å². The van der Waals surface area contributed by atoms with Gasteiger partial charge in [-0.05, 0) is 13.1 Å². The van der Waals surface area contributed by atoms with E-state index in [1.807, 2.05) is 26.2 Å². The lowest BCUT2D eigenvalue weighted by molar-refractivity contribution is 1.10. The minimum absolute atomic E-state index is 0. The predicted octanol–water partition coefficient (Wildman–Crippen LogP) is 1.16. The van der Waals surface area contributed by atoms with Crippen molar-refractivity contribution in [1.29, 1.82) is 0 Å². The van der Waals surface area contributed by atoms with E-state index >= 15 is 0 Å². The van der Waals surface area contributed by atoms with Gasteiger partial charge in [0.1, 0.15) is 0 Å². The molecule has 0 rings (SSSR count). The number of nitrogens with one attached hydrogen (secondary N) is 1. The van der Waals surface area contributed by atoms with Crippen molar-refractivity contribution in [1.82, 2.24) is 5.32 Å². The molecule has 0 amide bonds. The van der Waals surface area contributed by atoms with Crippen LogP contribution >= 0.6 is 12.4 Å². The molecular formula is C4H10ClN. The minimum atomic E-state index is 0. The average Bonchev–Trinajstić information content (AvgIpc) is 1.41. The van der Waals surface area contributed by atoms with Crippen molar-refractivity contribution >= 4 is 12.4 Å². The Morgan fingerprint density at radius 2 is 2.00 bits per heavy atom. The molecule has 2 heteroatoms. The zero-order valence-corrected chi connectivity index (χ0v) is 4.88. The van der Waals surface area contributed by atoms with Crippen molar-refractivity contribution in [3.8, 4) is 0 Å². The molecule has 0 aromatic carbocycles. The third kappa shape index (κ3) is 9.16. The van der Waals surface area contributed by atoms with E-state index in [1.165, 1.54) is 0 Å². The predicted molar refractivity (Wildman–Crippen MR) is 31.1 cm³/mol. The van der Waals surface area contributed by atoms with E-state index < -0.39 is 0 Å². The van der Waals surface area contributed by atoms with Gasteiger partial charge in [0.05, 0.1) is 0 Å². The van der Waals surface area contributed by atoms with E-state index in [1.54, 1.807) is 0 Å². The van der Waals surface area contributed by atoms with E-state index in [0.29, 0.717) is 0 Å². The first-order valence-corrected chi connectivity index (χ1v) is 1.70. The van der Waals surface area contributed by atoms with Gasteiger partial charge in [-0.3, -0.25) is 0 Å². The number of halogens is 1. The van der Waals surface area contributed by atoms with Crippen LogP contribution in [0.2, 0.25) is 0 Å². The highest BCUT2D eigenvalue weighted by atomic mass is 35.5. The molecule has 38 valence electrons. The van der Waals surface area contributed by atoms with Crippen LogP contribution in [0, 0.1) is 0 Å². The molecular weight excluding hydrogens is 97.5 g/mol. The number of hydrogen-bond acceptors (Lipinski definition) is 1. The van der Waals surface area contributed by atoms with E-state index in [2.05, 4.69) is 5.32 Å². The van der Waals surface area contributed by atoms with Crippen LogP contribution in [0.5, 0.6) is 0 Å². The van der Waals surface area contributed by atoms with Crippen LogP contribution in [-0.2, 0) is 0 Å². The second-order valence-corrected chi connectivity index (χ2v) is 0.789. The Morgan fingerprint density at radius 1 is 1.50 bits per heavy atom. The lowest BCUT2D eigenvalue weighted by atomic mass is 10.7. The van der Waals surface area contributed by atoms with E-state index in [9.17, 15) is 0 Å². The summed E-state index contributed by atoms with van der Waals surface area (Å²) in [7, 11) is 1.88. The van der Waals surface area contributed by atoms with Crippen molar-refractivity contribution in [2.45, 2.75) is 6.92 Å². The molecule has 0 saturated carbocycles. The fourth-order valence-electron chi connectivity index (χ4n) is 0.167. The normalized spacial score (nSPS) is 7.67.